The Kier molecular flexibility index (Phi) is 3.13. The summed E-state index contributed by atoms with van der Waals surface area (Å²) in [5.41, 5.74) is 12.4. The third-order valence-electron chi connectivity index (χ3n) is 3.20. The van der Waals surface area contributed by atoms with Gasteiger partial charge >= 0.3 is 5.97 Å². The van der Waals surface area contributed by atoms with E-state index in [4.69, 9.17) is 11.5 Å². The van der Waals surface area contributed by atoms with Crippen LogP contribution < -0.4 is 11.5 Å². The molecule has 112 valence electrons. The smallest absolute Gasteiger partial charge is 0.354 e. The van der Waals surface area contributed by atoms with Crippen LogP contribution in [0.3, 0.4) is 0 Å². The third kappa shape index (κ3) is 2.20. The highest BCUT2D eigenvalue weighted by atomic mass is 19.1. The van der Waals surface area contributed by atoms with E-state index in [0.29, 0.717) is 16.8 Å². The average molecular weight is 301 g/mol. The largest absolute Gasteiger partial charge is 0.464 e. The van der Waals surface area contributed by atoms with Gasteiger partial charge < -0.3 is 21.2 Å². The molecule has 2 aromatic heterocycles. The Morgan fingerprint density at radius 3 is 2.77 bits per heavy atom. The fraction of sp³-hybridized carbons (Fsp3) is 0.0714. The molecule has 3 rings (SSSR count). The summed E-state index contributed by atoms with van der Waals surface area (Å²) < 4.78 is 18.7. The van der Waals surface area contributed by atoms with Gasteiger partial charge in [0.2, 0.25) is 5.95 Å². The first-order chi connectivity index (χ1) is 10.5. The van der Waals surface area contributed by atoms with Crippen LogP contribution in [0.5, 0.6) is 0 Å². The molecule has 2 heterocycles. The number of anilines is 2. The molecule has 0 amide bonds. The average Bonchev–Trinajstić information content (AvgIpc) is 2.93. The fourth-order valence-electron chi connectivity index (χ4n) is 2.17. The molecule has 0 aliphatic carbocycles. The lowest BCUT2D eigenvalue weighted by Crippen LogP contribution is -2.05. The Morgan fingerprint density at radius 1 is 1.27 bits per heavy atom. The number of esters is 1. The van der Waals surface area contributed by atoms with E-state index < -0.39 is 11.8 Å². The number of hydrogen-bond donors (Lipinski definition) is 3. The summed E-state index contributed by atoms with van der Waals surface area (Å²) in [4.78, 5) is 21.9. The van der Waals surface area contributed by atoms with Gasteiger partial charge in [0.1, 0.15) is 11.4 Å². The number of nitrogens with one attached hydrogen (secondary N) is 1. The second-order valence-electron chi connectivity index (χ2n) is 4.61. The minimum Gasteiger partial charge on any atom is -0.464 e. The van der Waals surface area contributed by atoms with Gasteiger partial charge in [-0.25, -0.2) is 14.2 Å². The number of aromatic amines is 1. The van der Waals surface area contributed by atoms with E-state index in [0.717, 1.165) is 5.39 Å². The summed E-state index contributed by atoms with van der Waals surface area (Å²) in [6, 6.07) is 6.67. The van der Waals surface area contributed by atoms with Crippen molar-refractivity contribution in [1.82, 2.24) is 15.0 Å². The van der Waals surface area contributed by atoms with Crippen molar-refractivity contribution in [2.75, 3.05) is 18.6 Å². The van der Waals surface area contributed by atoms with Crippen LogP contribution in [0.1, 0.15) is 10.5 Å². The molecular weight excluding hydrogens is 289 g/mol. The number of hydrogen-bond acceptors (Lipinski definition) is 6. The first-order valence-electron chi connectivity index (χ1n) is 6.29. The number of nitrogens with two attached hydrogens (primary N) is 2. The van der Waals surface area contributed by atoms with E-state index in [1.54, 1.807) is 24.3 Å². The Balaban J connectivity index is 2.15. The van der Waals surface area contributed by atoms with Gasteiger partial charge in [-0.1, -0.05) is 12.1 Å². The highest BCUT2D eigenvalue weighted by Crippen LogP contribution is 2.27. The van der Waals surface area contributed by atoms with Crippen molar-refractivity contribution >= 4 is 28.6 Å². The number of carbonyl (C=O) groups is 1. The van der Waals surface area contributed by atoms with E-state index in [-0.39, 0.29) is 17.5 Å². The van der Waals surface area contributed by atoms with E-state index >= 15 is 0 Å². The fourth-order valence-corrected chi connectivity index (χ4v) is 2.17. The maximum atomic E-state index is 14.1. The minimum atomic E-state index is -0.742. The first kappa shape index (κ1) is 13.8. The van der Waals surface area contributed by atoms with Gasteiger partial charge in [0.15, 0.2) is 11.6 Å². The SMILES string of the molecule is COC(=O)c1cc2ccc(-c3nc(N)nc(N)c3F)cc2[nH]1. The molecule has 3 aromatic rings. The van der Waals surface area contributed by atoms with E-state index in [1.165, 1.54) is 7.11 Å². The van der Waals surface area contributed by atoms with Gasteiger partial charge in [0, 0.05) is 16.5 Å². The molecule has 0 bridgehead atoms. The molecule has 0 fully saturated rings. The number of carbonyl (C=O) groups excluding carboxylic acids is 1. The van der Waals surface area contributed by atoms with Crippen LogP contribution in [-0.2, 0) is 4.74 Å². The van der Waals surface area contributed by atoms with Crippen LogP contribution >= 0.6 is 0 Å². The van der Waals surface area contributed by atoms with E-state index in [2.05, 4.69) is 19.7 Å². The second kappa shape index (κ2) is 4.99. The maximum Gasteiger partial charge on any atom is 0.354 e. The summed E-state index contributed by atoms with van der Waals surface area (Å²) in [6.45, 7) is 0. The number of methoxy groups -OCH3 is 1. The summed E-state index contributed by atoms with van der Waals surface area (Å²) >= 11 is 0. The molecule has 0 spiro atoms. The number of fused-ring (bicyclic) bond motifs is 1. The van der Waals surface area contributed by atoms with Crippen molar-refractivity contribution in [3.05, 3.63) is 35.8 Å². The van der Waals surface area contributed by atoms with Crippen molar-refractivity contribution in [2.24, 2.45) is 0 Å². The van der Waals surface area contributed by atoms with Crippen molar-refractivity contribution in [2.45, 2.75) is 0 Å². The van der Waals surface area contributed by atoms with Crippen molar-refractivity contribution in [3.63, 3.8) is 0 Å². The lowest BCUT2D eigenvalue weighted by atomic mass is 10.1. The summed E-state index contributed by atoms with van der Waals surface area (Å²) in [5.74, 6) is -1.66. The number of halogens is 1. The molecule has 0 saturated carbocycles. The maximum absolute atomic E-state index is 14.1. The van der Waals surface area contributed by atoms with Crippen LogP contribution in [0, 0.1) is 5.82 Å². The molecule has 5 N–H and O–H groups in total. The molecule has 0 aliphatic rings. The molecule has 8 heteroatoms. The molecule has 0 aliphatic heterocycles. The first-order valence-corrected chi connectivity index (χ1v) is 6.29. The molecule has 7 nitrogen and oxygen atoms in total. The van der Waals surface area contributed by atoms with E-state index in [9.17, 15) is 9.18 Å². The van der Waals surface area contributed by atoms with E-state index in [1.807, 2.05) is 0 Å². The number of ether oxygens (including phenoxy) is 1. The number of nitrogens with zero attached hydrogens (tertiary/aromatic N) is 2. The number of benzene rings is 1. The normalized spacial score (nSPS) is 10.8. The van der Waals surface area contributed by atoms with Crippen LogP contribution in [0.2, 0.25) is 0 Å². The number of rotatable bonds is 2. The van der Waals surface area contributed by atoms with Crippen molar-refractivity contribution in [1.29, 1.82) is 0 Å². The monoisotopic (exact) mass is 301 g/mol. The number of nitrogen functional groups attached to an aromatic ring is 2. The van der Waals surface area contributed by atoms with Crippen LogP contribution in [0.15, 0.2) is 24.3 Å². The van der Waals surface area contributed by atoms with Gasteiger partial charge in [0.25, 0.3) is 0 Å². The topological polar surface area (TPSA) is 120 Å². The second-order valence-corrected chi connectivity index (χ2v) is 4.61. The zero-order valence-electron chi connectivity index (χ0n) is 11.6. The van der Waals surface area contributed by atoms with Gasteiger partial charge in [-0.05, 0) is 12.1 Å². The third-order valence-corrected chi connectivity index (χ3v) is 3.20. The highest BCUT2D eigenvalue weighted by Gasteiger charge is 2.15. The molecule has 0 saturated heterocycles. The highest BCUT2D eigenvalue weighted by molar-refractivity contribution is 5.95. The minimum absolute atomic E-state index is 0.00104. The quantitative estimate of drug-likeness (QED) is 0.620. The van der Waals surface area contributed by atoms with Crippen LogP contribution in [0.4, 0.5) is 16.2 Å². The molecule has 0 unspecified atom stereocenters. The zero-order chi connectivity index (χ0) is 15.9. The van der Waals surface area contributed by atoms with Crippen molar-refractivity contribution in [3.8, 4) is 11.3 Å². The Morgan fingerprint density at radius 2 is 2.05 bits per heavy atom. The lowest BCUT2D eigenvalue weighted by Gasteiger charge is -2.05. The molecule has 0 atom stereocenters. The summed E-state index contributed by atoms with van der Waals surface area (Å²) in [5, 5.41) is 0.777. The predicted octanol–water partition coefficient (Wildman–Crippen LogP) is 1.71. The van der Waals surface area contributed by atoms with Gasteiger partial charge in [-0.15, -0.1) is 0 Å². The van der Waals surface area contributed by atoms with Crippen LogP contribution in [0.25, 0.3) is 22.2 Å². The van der Waals surface area contributed by atoms with Gasteiger partial charge in [-0.3, -0.25) is 0 Å². The number of H-pyrrole nitrogens is 1. The summed E-state index contributed by atoms with van der Waals surface area (Å²) in [7, 11) is 1.29. The number of aromatic nitrogens is 3. The Bertz CT molecular complexity index is 890. The standard InChI is InChI=1S/C14H12FN5O2/c1-22-13(21)9-4-6-2-3-7(5-8(6)18-9)11-10(15)12(16)20-14(17)19-11/h2-5,18H,1H3,(H4,16,17,19,20). The van der Waals surface area contributed by atoms with Gasteiger partial charge in [-0.2, -0.15) is 4.98 Å². The molecule has 22 heavy (non-hydrogen) atoms. The molecular formula is C14H12FN5O2. The Labute approximate surface area is 124 Å². The van der Waals surface area contributed by atoms with Crippen molar-refractivity contribution < 1.29 is 13.9 Å². The summed E-state index contributed by atoms with van der Waals surface area (Å²) in [6.07, 6.45) is 0. The van der Waals surface area contributed by atoms with Gasteiger partial charge in [0.05, 0.1) is 7.11 Å². The molecule has 0 radical (unpaired) electrons. The Hall–Kier alpha value is -3.16. The zero-order valence-corrected chi connectivity index (χ0v) is 11.6. The lowest BCUT2D eigenvalue weighted by molar-refractivity contribution is 0.0595. The van der Waals surface area contributed by atoms with Crippen LogP contribution in [-0.4, -0.2) is 28.0 Å². The predicted molar refractivity (Wildman–Crippen MR) is 79.4 cm³/mol. The molecule has 1 aromatic carbocycles.